The Kier molecular flexibility index (Phi) is 5.11. The lowest BCUT2D eigenvalue weighted by Crippen LogP contribution is -2.09. The van der Waals surface area contributed by atoms with Gasteiger partial charge in [-0.05, 0) is 34.2 Å². The fourth-order valence-electron chi connectivity index (χ4n) is 2.64. The third kappa shape index (κ3) is 3.91. The van der Waals surface area contributed by atoms with Crippen LogP contribution in [-0.4, -0.2) is 36.0 Å². The molecule has 2 aromatic carbocycles. The smallest absolute Gasteiger partial charge is 0.341 e. The van der Waals surface area contributed by atoms with Gasteiger partial charge in [0.2, 0.25) is 0 Å². The van der Waals surface area contributed by atoms with Gasteiger partial charge in [0.1, 0.15) is 0 Å². The van der Waals surface area contributed by atoms with Crippen LogP contribution in [0.5, 0.6) is 0 Å². The molecule has 0 spiro atoms. The average Bonchev–Trinajstić information content (AvgIpc) is 3.38. The van der Waals surface area contributed by atoms with Crippen molar-refractivity contribution in [2.75, 3.05) is 0 Å². The molecule has 9 heteroatoms. The van der Waals surface area contributed by atoms with Gasteiger partial charge in [0.05, 0.1) is 24.0 Å². The van der Waals surface area contributed by atoms with E-state index in [1.165, 1.54) is 10.9 Å². The van der Waals surface area contributed by atoms with Crippen LogP contribution in [0.1, 0.15) is 21.7 Å². The number of tetrazole rings is 1. The molecule has 0 N–H and O–H groups in total. The molecule has 28 heavy (non-hydrogen) atoms. The quantitative estimate of drug-likeness (QED) is 0.467. The number of esters is 1. The topological polar surface area (TPSA) is 87.7 Å². The van der Waals surface area contributed by atoms with Crippen molar-refractivity contribution in [3.63, 3.8) is 0 Å². The summed E-state index contributed by atoms with van der Waals surface area (Å²) in [7, 11) is 0. The van der Waals surface area contributed by atoms with E-state index in [0.29, 0.717) is 23.0 Å². The van der Waals surface area contributed by atoms with E-state index in [-0.39, 0.29) is 6.61 Å². The second-order valence-corrected chi connectivity index (χ2v) is 6.34. The zero-order valence-electron chi connectivity index (χ0n) is 14.6. The lowest BCUT2D eigenvalue weighted by Gasteiger charge is -2.05. The number of benzene rings is 2. The van der Waals surface area contributed by atoms with Gasteiger partial charge in [-0.15, -0.1) is 5.10 Å². The summed E-state index contributed by atoms with van der Waals surface area (Å²) in [6.45, 7) is 0.398. The van der Waals surface area contributed by atoms with E-state index in [1.807, 2.05) is 54.6 Å². The summed E-state index contributed by atoms with van der Waals surface area (Å²) < 4.78 is 8.49. The van der Waals surface area contributed by atoms with Crippen LogP contribution in [0.25, 0.3) is 5.69 Å². The van der Waals surface area contributed by atoms with E-state index >= 15 is 0 Å². The molecule has 0 unspecified atom stereocenters. The van der Waals surface area contributed by atoms with Gasteiger partial charge in [0.15, 0.2) is 12.4 Å². The van der Waals surface area contributed by atoms with Gasteiger partial charge in [0.25, 0.3) is 0 Å². The van der Waals surface area contributed by atoms with Gasteiger partial charge in [-0.1, -0.05) is 48.0 Å². The molecule has 140 valence electrons. The Labute approximate surface area is 165 Å². The fourth-order valence-corrected chi connectivity index (χ4v) is 2.83. The summed E-state index contributed by atoms with van der Waals surface area (Å²) >= 11 is 6.16. The fraction of sp³-hybridized carbons (Fsp3) is 0.105. The Bertz CT molecular complexity index is 1090. The number of carbonyl (C=O) groups is 1. The molecule has 0 saturated heterocycles. The average molecular weight is 395 g/mol. The third-order valence-corrected chi connectivity index (χ3v) is 4.40. The number of halogens is 1. The summed E-state index contributed by atoms with van der Waals surface area (Å²) in [5, 5.41) is 16.3. The number of nitrogens with zero attached hydrogens (tertiary/aromatic N) is 6. The summed E-state index contributed by atoms with van der Waals surface area (Å²) in [4.78, 5) is 12.3. The van der Waals surface area contributed by atoms with Crippen molar-refractivity contribution in [1.29, 1.82) is 0 Å². The Morgan fingerprint density at radius 3 is 2.68 bits per heavy atom. The highest BCUT2D eigenvalue weighted by Gasteiger charge is 2.14. The summed E-state index contributed by atoms with van der Waals surface area (Å²) in [6.07, 6.45) is 3.07. The highest BCUT2D eigenvalue weighted by atomic mass is 35.5. The molecule has 4 rings (SSSR count). The molecule has 0 radical (unpaired) electrons. The molecule has 0 saturated carbocycles. The number of hydrogen-bond acceptors (Lipinski definition) is 6. The number of hydrogen-bond donors (Lipinski definition) is 0. The minimum atomic E-state index is -0.506. The van der Waals surface area contributed by atoms with Crippen LogP contribution in [0.2, 0.25) is 5.02 Å². The predicted octanol–water partition coefficient (Wildman–Crippen LogP) is 2.92. The second-order valence-electron chi connectivity index (χ2n) is 5.94. The van der Waals surface area contributed by atoms with Gasteiger partial charge in [-0.3, -0.25) is 4.68 Å². The molecule has 0 atom stereocenters. The van der Waals surface area contributed by atoms with Crippen LogP contribution in [0.3, 0.4) is 0 Å². The number of aromatic nitrogens is 6. The van der Waals surface area contributed by atoms with Crippen LogP contribution in [0, 0.1) is 0 Å². The zero-order chi connectivity index (χ0) is 19.3. The Morgan fingerprint density at radius 2 is 1.86 bits per heavy atom. The molecule has 8 nitrogen and oxygen atoms in total. The van der Waals surface area contributed by atoms with Gasteiger partial charge in [0, 0.05) is 11.2 Å². The van der Waals surface area contributed by atoms with Crippen molar-refractivity contribution in [2.24, 2.45) is 0 Å². The maximum absolute atomic E-state index is 12.3. The second kappa shape index (κ2) is 8.01. The van der Waals surface area contributed by atoms with Gasteiger partial charge in [-0.25, -0.2) is 4.79 Å². The van der Waals surface area contributed by atoms with Crippen molar-refractivity contribution in [3.8, 4) is 5.69 Å². The maximum Gasteiger partial charge on any atom is 0.341 e. The zero-order valence-corrected chi connectivity index (χ0v) is 15.4. The summed E-state index contributed by atoms with van der Waals surface area (Å²) in [6, 6.07) is 16.9. The first-order chi connectivity index (χ1) is 13.7. The number of para-hydroxylation sites is 1. The van der Waals surface area contributed by atoms with Crippen molar-refractivity contribution < 1.29 is 9.53 Å². The molecule has 0 bridgehead atoms. The normalized spacial score (nSPS) is 10.8. The monoisotopic (exact) mass is 394 g/mol. The van der Waals surface area contributed by atoms with Gasteiger partial charge in [-0.2, -0.15) is 9.78 Å². The maximum atomic E-state index is 12.3. The van der Waals surface area contributed by atoms with Gasteiger partial charge >= 0.3 is 5.97 Å². The molecule has 4 aromatic rings. The van der Waals surface area contributed by atoms with E-state index in [2.05, 4.69) is 20.6 Å². The third-order valence-electron chi connectivity index (χ3n) is 4.03. The SMILES string of the molecule is O=C(OCc1nnnn1-c1ccccc1)c1cnn(Cc2ccccc2Cl)c1. The highest BCUT2D eigenvalue weighted by Crippen LogP contribution is 2.16. The first-order valence-electron chi connectivity index (χ1n) is 8.46. The van der Waals surface area contributed by atoms with Gasteiger partial charge < -0.3 is 4.74 Å². The molecule has 0 amide bonds. The molecular weight excluding hydrogens is 380 g/mol. The van der Waals surface area contributed by atoms with E-state index in [9.17, 15) is 4.79 Å². The Morgan fingerprint density at radius 1 is 1.07 bits per heavy atom. The van der Waals surface area contributed by atoms with Crippen molar-refractivity contribution >= 4 is 17.6 Å². The first-order valence-corrected chi connectivity index (χ1v) is 8.84. The van der Waals surface area contributed by atoms with E-state index in [0.717, 1.165) is 11.3 Å². The molecule has 0 fully saturated rings. The molecule has 0 aliphatic carbocycles. The Hall–Kier alpha value is -3.52. The number of carbonyl (C=O) groups excluding carboxylic acids is 1. The summed E-state index contributed by atoms with van der Waals surface area (Å²) in [5.41, 5.74) is 2.03. The minimum Gasteiger partial charge on any atom is -0.454 e. The lowest BCUT2D eigenvalue weighted by atomic mass is 10.2. The first kappa shape index (κ1) is 17.9. The van der Waals surface area contributed by atoms with Crippen LogP contribution < -0.4 is 0 Å². The lowest BCUT2D eigenvalue weighted by molar-refractivity contribution is 0.0459. The molecule has 0 aliphatic rings. The predicted molar refractivity (Wildman–Crippen MR) is 101 cm³/mol. The Balaban J connectivity index is 1.41. The van der Waals surface area contributed by atoms with Crippen LogP contribution in [0.15, 0.2) is 67.0 Å². The molecule has 0 aliphatic heterocycles. The number of ether oxygens (including phenoxy) is 1. The number of rotatable bonds is 6. The van der Waals surface area contributed by atoms with E-state index in [4.69, 9.17) is 16.3 Å². The van der Waals surface area contributed by atoms with Crippen LogP contribution in [0.4, 0.5) is 0 Å². The molecule has 2 heterocycles. The van der Waals surface area contributed by atoms with Crippen molar-refractivity contribution in [2.45, 2.75) is 13.2 Å². The van der Waals surface area contributed by atoms with Crippen molar-refractivity contribution in [3.05, 3.63) is 89.0 Å². The summed E-state index contributed by atoms with van der Waals surface area (Å²) in [5.74, 6) is -0.0870. The largest absolute Gasteiger partial charge is 0.454 e. The molecular formula is C19H15ClN6O2. The van der Waals surface area contributed by atoms with E-state index in [1.54, 1.807) is 10.9 Å². The van der Waals surface area contributed by atoms with Crippen LogP contribution in [-0.2, 0) is 17.9 Å². The van der Waals surface area contributed by atoms with E-state index < -0.39 is 5.97 Å². The van der Waals surface area contributed by atoms with Crippen molar-refractivity contribution in [1.82, 2.24) is 30.0 Å². The van der Waals surface area contributed by atoms with Crippen LogP contribution >= 0.6 is 11.6 Å². The minimum absolute atomic E-state index is 0.0591. The standard InChI is InChI=1S/C19H15ClN6O2/c20-17-9-5-4-6-14(17)11-25-12-15(10-21-25)19(27)28-13-18-22-23-24-26(18)16-7-2-1-3-8-16/h1-10,12H,11,13H2. The highest BCUT2D eigenvalue weighted by molar-refractivity contribution is 6.31. The molecule has 2 aromatic heterocycles.